The maximum atomic E-state index is 5.28. The fraction of sp³-hybridized carbons (Fsp3) is 1.00. The average Bonchev–Trinajstić information content (AvgIpc) is 2.38. The molecule has 1 aliphatic heterocycles. The zero-order chi connectivity index (χ0) is 7.40. The fourth-order valence-electron chi connectivity index (χ4n) is 1.08. The molecule has 1 fully saturated rings. The first-order valence-electron chi connectivity index (χ1n) is 3.81. The van der Waals surface area contributed by atoms with Crippen molar-refractivity contribution in [1.29, 1.82) is 0 Å². The number of hydrogen-bond acceptors (Lipinski definition) is 3. The topological polar surface area (TPSA) is 30.5 Å². The van der Waals surface area contributed by atoms with E-state index >= 15 is 0 Å². The predicted molar refractivity (Wildman–Crippen MR) is 38.8 cm³/mol. The van der Waals surface area contributed by atoms with Gasteiger partial charge >= 0.3 is 0 Å². The Hall–Kier alpha value is -0.120. The first-order valence-corrected chi connectivity index (χ1v) is 3.81. The van der Waals surface area contributed by atoms with Crippen molar-refractivity contribution in [3.8, 4) is 0 Å². The Bertz CT molecular complexity index is 91.6. The molecule has 0 aliphatic carbocycles. The van der Waals surface area contributed by atoms with Crippen molar-refractivity contribution in [1.82, 2.24) is 5.32 Å². The van der Waals surface area contributed by atoms with Gasteiger partial charge in [-0.2, -0.15) is 0 Å². The summed E-state index contributed by atoms with van der Waals surface area (Å²) < 4.78 is 10.6. The summed E-state index contributed by atoms with van der Waals surface area (Å²) in [6.07, 6.45) is -0.0278. The van der Waals surface area contributed by atoms with Gasteiger partial charge in [-0.05, 0) is 13.5 Å². The Morgan fingerprint density at radius 3 is 2.60 bits per heavy atom. The second-order valence-electron chi connectivity index (χ2n) is 2.46. The quantitative estimate of drug-likeness (QED) is 0.622. The van der Waals surface area contributed by atoms with Gasteiger partial charge in [-0.3, -0.25) is 0 Å². The van der Waals surface area contributed by atoms with Crippen LogP contribution in [-0.4, -0.2) is 32.1 Å². The molecule has 1 atom stereocenters. The molecular formula is C7H15NO2. The lowest BCUT2D eigenvalue weighted by atomic mass is 10.3. The Balaban J connectivity index is 2.18. The lowest BCUT2D eigenvalue weighted by molar-refractivity contribution is -0.0626. The Kier molecular flexibility index (Phi) is 3.12. The van der Waals surface area contributed by atoms with Crippen LogP contribution in [0.4, 0.5) is 0 Å². The monoisotopic (exact) mass is 145 g/mol. The number of nitrogens with one attached hydrogen (secondary N) is 1. The van der Waals surface area contributed by atoms with E-state index in [1.807, 2.05) is 0 Å². The van der Waals surface area contributed by atoms with Gasteiger partial charge in [0.15, 0.2) is 6.29 Å². The van der Waals surface area contributed by atoms with E-state index in [0.717, 1.165) is 19.8 Å². The zero-order valence-electron chi connectivity index (χ0n) is 6.59. The summed E-state index contributed by atoms with van der Waals surface area (Å²) in [5.74, 6) is 0. The van der Waals surface area contributed by atoms with Gasteiger partial charge in [0.05, 0.1) is 19.3 Å². The van der Waals surface area contributed by atoms with E-state index in [1.165, 1.54) is 0 Å². The highest BCUT2D eigenvalue weighted by Gasteiger charge is 2.21. The maximum Gasteiger partial charge on any atom is 0.172 e. The molecule has 1 saturated heterocycles. The van der Waals surface area contributed by atoms with E-state index in [-0.39, 0.29) is 6.29 Å². The van der Waals surface area contributed by atoms with Crippen molar-refractivity contribution in [3.63, 3.8) is 0 Å². The molecule has 0 bridgehead atoms. The largest absolute Gasteiger partial charge is 0.349 e. The lowest BCUT2D eigenvalue weighted by Gasteiger charge is -2.17. The van der Waals surface area contributed by atoms with E-state index in [0.29, 0.717) is 6.04 Å². The minimum Gasteiger partial charge on any atom is -0.349 e. The summed E-state index contributed by atoms with van der Waals surface area (Å²) in [4.78, 5) is 0. The second-order valence-corrected chi connectivity index (χ2v) is 2.46. The molecule has 1 N–H and O–H groups in total. The number of hydrogen-bond donors (Lipinski definition) is 1. The summed E-state index contributed by atoms with van der Waals surface area (Å²) in [6, 6.07) is 0.312. The highest BCUT2D eigenvalue weighted by Crippen LogP contribution is 2.07. The molecule has 0 aromatic rings. The van der Waals surface area contributed by atoms with Gasteiger partial charge in [0.1, 0.15) is 0 Å². The first kappa shape index (κ1) is 7.98. The summed E-state index contributed by atoms with van der Waals surface area (Å²) in [5, 5.41) is 3.24. The third-order valence-corrected chi connectivity index (χ3v) is 1.58. The van der Waals surface area contributed by atoms with Crippen LogP contribution in [-0.2, 0) is 9.47 Å². The van der Waals surface area contributed by atoms with Crippen LogP contribution in [0.1, 0.15) is 13.8 Å². The van der Waals surface area contributed by atoms with Crippen molar-refractivity contribution >= 4 is 0 Å². The van der Waals surface area contributed by atoms with Crippen LogP contribution in [0.3, 0.4) is 0 Å². The minimum absolute atomic E-state index is 0.0278. The molecular weight excluding hydrogens is 130 g/mol. The van der Waals surface area contributed by atoms with Gasteiger partial charge in [0, 0.05) is 0 Å². The van der Waals surface area contributed by atoms with Crippen LogP contribution in [0.15, 0.2) is 0 Å². The third kappa shape index (κ3) is 1.94. The standard InChI is InChI=1S/C7H15NO2/c1-3-8-6(2)7-9-4-5-10-7/h6-8H,3-5H2,1-2H3. The van der Waals surface area contributed by atoms with Gasteiger partial charge < -0.3 is 14.8 Å². The molecule has 0 radical (unpaired) electrons. The molecule has 0 amide bonds. The molecule has 0 aromatic carbocycles. The number of likely N-dealkylation sites (N-methyl/N-ethyl adjacent to an activating group) is 1. The van der Waals surface area contributed by atoms with Gasteiger partial charge in [-0.25, -0.2) is 0 Å². The molecule has 1 rings (SSSR count). The third-order valence-electron chi connectivity index (χ3n) is 1.58. The Morgan fingerprint density at radius 1 is 1.50 bits per heavy atom. The lowest BCUT2D eigenvalue weighted by Crippen LogP contribution is -2.37. The van der Waals surface area contributed by atoms with Crippen molar-refractivity contribution < 1.29 is 9.47 Å². The zero-order valence-corrected chi connectivity index (χ0v) is 6.59. The van der Waals surface area contributed by atoms with E-state index in [4.69, 9.17) is 9.47 Å². The smallest absolute Gasteiger partial charge is 0.172 e. The SMILES string of the molecule is CCNC(C)C1OCCO1. The molecule has 3 nitrogen and oxygen atoms in total. The highest BCUT2D eigenvalue weighted by molar-refractivity contribution is 4.66. The van der Waals surface area contributed by atoms with Gasteiger partial charge in [-0.1, -0.05) is 6.92 Å². The summed E-state index contributed by atoms with van der Waals surface area (Å²) >= 11 is 0. The van der Waals surface area contributed by atoms with E-state index in [2.05, 4.69) is 19.2 Å². The molecule has 0 saturated carbocycles. The normalized spacial score (nSPS) is 23.4. The van der Waals surface area contributed by atoms with Gasteiger partial charge in [-0.15, -0.1) is 0 Å². The first-order chi connectivity index (χ1) is 4.84. The van der Waals surface area contributed by atoms with Crippen LogP contribution in [0.5, 0.6) is 0 Å². The number of ether oxygens (including phenoxy) is 2. The van der Waals surface area contributed by atoms with Crippen LogP contribution < -0.4 is 5.32 Å². The van der Waals surface area contributed by atoms with Crippen LogP contribution in [0, 0.1) is 0 Å². The second kappa shape index (κ2) is 3.91. The molecule has 10 heavy (non-hydrogen) atoms. The van der Waals surface area contributed by atoms with E-state index < -0.39 is 0 Å². The molecule has 60 valence electrons. The summed E-state index contributed by atoms with van der Waals surface area (Å²) in [7, 11) is 0. The van der Waals surface area contributed by atoms with Crippen LogP contribution >= 0.6 is 0 Å². The van der Waals surface area contributed by atoms with Crippen molar-refractivity contribution in [2.24, 2.45) is 0 Å². The average molecular weight is 145 g/mol. The Morgan fingerprint density at radius 2 is 2.10 bits per heavy atom. The minimum atomic E-state index is -0.0278. The maximum absolute atomic E-state index is 5.28. The van der Waals surface area contributed by atoms with Crippen molar-refractivity contribution in [3.05, 3.63) is 0 Å². The molecule has 1 unspecified atom stereocenters. The van der Waals surface area contributed by atoms with Crippen molar-refractivity contribution in [2.45, 2.75) is 26.2 Å². The predicted octanol–water partition coefficient (Wildman–Crippen LogP) is 0.357. The molecule has 1 heterocycles. The molecule has 1 aliphatic rings. The van der Waals surface area contributed by atoms with Crippen LogP contribution in [0.2, 0.25) is 0 Å². The van der Waals surface area contributed by atoms with Gasteiger partial charge in [0.2, 0.25) is 0 Å². The molecule has 3 heteroatoms. The number of rotatable bonds is 3. The highest BCUT2D eigenvalue weighted by atomic mass is 16.7. The fourth-order valence-corrected chi connectivity index (χ4v) is 1.08. The summed E-state index contributed by atoms with van der Waals surface area (Å²) in [5.41, 5.74) is 0. The van der Waals surface area contributed by atoms with Crippen LogP contribution in [0.25, 0.3) is 0 Å². The summed E-state index contributed by atoms with van der Waals surface area (Å²) in [6.45, 7) is 6.58. The van der Waals surface area contributed by atoms with E-state index in [1.54, 1.807) is 0 Å². The Labute approximate surface area is 61.7 Å². The molecule has 0 spiro atoms. The molecule has 0 aromatic heterocycles. The van der Waals surface area contributed by atoms with E-state index in [9.17, 15) is 0 Å². The van der Waals surface area contributed by atoms with Gasteiger partial charge in [0.25, 0.3) is 0 Å². The van der Waals surface area contributed by atoms with Crippen molar-refractivity contribution in [2.75, 3.05) is 19.8 Å².